The molecule has 28 heavy (non-hydrogen) atoms. The quantitative estimate of drug-likeness (QED) is 0.474. The molecule has 10 heteroatoms. The molecule has 1 aromatic carbocycles. The topological polar surface area (TPSA) is 146 Å². The molecule has 0 bridgehead atoms. The molecule has 1 saturated heterocycles. The summed E-state index contributed by atoms with van der Waals surface area (Å²) in [5.41, 5.74) is 0.358. The summed E-state index contributed by atoms with van der Waals surface area (Å²) in [7, 11) is 1.35. The molecule has 0 radical (unpaired) electrons. The van der Waals surface area contributed by atoms with E-state index in [9.17, 15) is 24.9 Å². The van der Waals surface area contributed by atoms with E-state index in [2.05, 4.69) is 0 Å². The summed E-state index contributed by atoms with van der Waals surface area (Å²) >= 11 is 0. The predicted octanol–water partition coefficient (Wildman–Crippen LogP) is -0.552. The van der Waals surface area contributed by atoms with Crippen molar-refractivity contribution >= 4 is 11.9 Å². The Labute approximate surface area is 161 Å². The summed E-state index contributed by atoms with van der Waals surface area (Å²) in [5.74, 6) is -1.50. The van der Waals surface area contributed by atoms with Gasteiger partial charge in [0.05, 0.1) is 7.11 Å². The van der Waals surface area contributed by atoms with Crippen molar-refractivity contribution < 1.29 is 44.2 Å². The second kappa shape index (κ2) is 9.20. The Morgan fingerprint density at radius 3 is 2.25 bits per heavy atom. The minimum atomic E-state index is -1.82. The maximum atomic E-state index is 12.5. The van der Waals surface area contributed by atoms with Gasteiger partial charge in [0.2, 0.25) is 6.29 Å². The number of ether oxygens (including phenoxy) is 3. The van der Waals surface area contributed by atoms with Crippen molar-refractivity contribution in [3.05, 3.63) is 23.8 Å². The third-order valence-electron chi connectivity index (χ3n) is 4.52. The van der Waals surface area contributed by atoms with Crippen LogP contribution in [0.15, 0.2) is 18.2 Å². The average molecular weight is 399 g/mol. The highest BCUT2D eigenvalue weighted by atomic mass is 16.7. The fourth-order valence-electron chi connectivity index (χ4n) is 2.87. The minimum absolute atomic E-state index is 0.0652. The fraction of sp³-hybridized carbons (Fsp3) is 0.556. The molecular formula is C18H25NO9. The van der Waals surface area contributed by atoms with E-state index in [1.165, 1.54) is 25.3 Å². The predicted molar refractivity (Wildman–Crippen MR) is 95.2 cm³/mol. The van der Waals surface area contributed by atoms with Crippen molar-refractivity contribution in [3.63, 3.8) is 0 Å². The highest BCUT2D eigenvalue weighted by molar-refractivity contribution is 5.94. The number of nitrogens with zero attached hydrogens (tertiary/aromatic N) is 1. The summed E-state index contributed by atoms with van der Waals surface area (Å²) in [5, 5.41) is 38.7. The lowest BCUT2D eigenvalue weighted by Crippen LogP contribution is -2.61. The third-order valence-corrected chi connectivity index (χ3v) is 4.52. The number of carboxylic acids is 1. The Morgan fingerprint density at radius 2 is 1.71 bits per heavy atom. The van der Waals surface area contributed by atoms with Gasteiger partial charge in [-0.25, -0.2) is 4.79 Å². The highest BCUT2D eigenvalue weighted by Gasteiger charge is 2.48. The highest BCUT2D eigenvalue weighted by Crippen LogP contribution is 2.32. The number of amides is 1. The van der Waals surface area contributed by atoms with Crippen molar-refractivity contribution in [2.45, 2.75) is 44.6 Å². The monoisotopic (exact) mass is 399 g/mol. The zero-order valence-corrected chi connectivity index (χ0v) is 15.8. The number of methoxy groups -OCH3 is 1. The first kappa shape index (κ1) is 21.9. The zero-order valence-electron chi connectivity index (χ0n) is 15.8. The molecule has 1 aromatic rings. The third kappa shape index (κ3) is 4.36. The standard InChI is InChI=1S/C18H25NO9/c1-4-19(5-2)16(23)9-6-7-10(11(8-9)26-3)27-18-14(22)12(20)13(21)15(28-18)17(24)25/h6-8,12-15,18,20-22H,4-5H2,1-3H3,(H,24,25). The number of hydrogen-bond acceptors (Lipinski definition) is 8. The van der Waals surface area contributed by atoms with Crippen LogP contribution in [0.25, 0.3) is 0 Å². The number of hydrogen-bond donors (Lipinski definition) is 4. The van der Waals surface area contributed by atoms with Gasteiger partial charge in [-0.05, 0) is 32.0 Å². The lowest BCUT2D eigenvalue weighted by molar-refractivity contribution is -0.271. The molecule has 1 fully saturated rings. The van der Waals surface area contributed by atoms with Gasteiger partial charge in [0.1, 0.15) is 18.3 Å². The summed E-state index contributed by atoms with van der Waals surface area (Å²) in [4.78, 5) is 25.3. The Kier molecular flexibility index (Phi) is 7.19. The number of benzene rings is 1. The number of carbonyl (C=O) groups is 2. The van der Waals surface area contributed by atoms with Crippen LogP contribution in [0.5, 0.6) is 11.5 Å². The van der Waals surface area contributed by atoms with Crippen LogP contribution in [0, 0.1) is 0 Å². The lowest BCUT2D eigenvalue weighted by atomic mass is 9.99. The second-order valence-electron chi connectivity index (χ2n) is 6.20. The molecule has 0 aromatic heterocycles. The van der Waals surface area contributed by atoms with Gasteiger partial charge in [-0.2, -0.15) is 0 Å². The average Bonchev–Trinajstić information content (AvgIpc) is 2.69. The van der Waals surface area contributed by atoms with Crippen molar-refractivity contribution in [1.29, 1.82) is 0 Å². The molecule has 156 valence electrons. The Morgan fingerprint density at radius 1 is 1.07 bits per heavy atom. The van der Waals surface area contributed by atoms with Crippen LogP contribution in [0.1, 0.15) is 24.2 Å². The van der Waals surface area contributed by atoms with E-state index in [1.54, 1.807) is 4.90 Å². The van der Waals surface area contributed by atoms with Gasteiger partial charge in [-0.1, -0.05) is 0 Å². The van der Waals surface area contributed by atoms with Gasteiger partial charge >= 0.3 is 5.97 Å². The molecule has 1 amide bonds. The van der Waals surface area contributed by atoms with Crippen LogP contribution >= 0.6 is 0 Å². The van der Waals surface area contributed by atoms with Gasteiger partial charge in [-0.3, -0.25) is 4.79 Å². The first-order chi connectivity index (χ1) is 13.2. The van der Waals surface area contributed by atoms with Crippen LogP contribution in [0.4, 0.5) is 0 Å². The first-order valence-electron chi connectivity index (χ1n) is 8.81. The van der Waals surface area contributed by atoms with E-state index in [-0.39, 0.29) is 17.4 Å². The maximum absolute atomic E-state index is 12.5. The van der Waals surface area contributed by atoms with Crippen LogP contribution in [-0.4, -0.2) is 88.1 Å². The molecule has 0 saturated carbocycles. The normalized spacial score (nSPS) is 27.1. The zero-order chi connectivity index (χ0) is 21.0. The number of aliphatic carboxylic acids is 1. The molecule has 1 aliphatic rings. The molecule has 1 heterocycles. The van der Waals surface area contributed by atoms with E-state index in [1.807, 2.05) is 13.8 Å². The molecule has 5 unspecified atom stereocenters. The van der Waals surface area contributed by atoms with Crippen LogP contribution in [0.3, 0.4) is 0 Å². The van der Waals surface area contributed by atoms with Gasteiger partial charge in [-0.15, -0.1) is 0 Å². The van der Waals surface area contributed by atoms with E-state index in [4.69, 9.17) is 19.3 Å². The van der Waals surface area contributed by atoms with Crippen LogP contribution in [0.2, 0.25) is 0 Å². The maximum Gasteiger partial charge on any atom is 0.335 e. The van der Waals surface area contributed by atoms with E-state index in [0.717, 1.165) is 0 Å². The first-order valence-corrected chi connectivity index (χ1v) is 8.81. The summed E-state index contributed by atoms with van der Waals surface area (Å²) in [6.07, 6.45) is -8.65. The largest absolute Gasteiger partial charge is 0.493 e. The van der Waals surface area contributed by atoms with E-state index >= 15 is 0 Å². The number of aliphatic hydroxyl groups is 3. The Balaban J connectivity index is 2.25. The van der Waals surface area contributed by atoms with Crippen LogP contribution in [-0.2, 0) is 9.53 Å². The number of aliphatic hydroxyl groups excluding tert-OH is 3. The van der Waals surface area contributed by atoms with Crippen molar-refractivity contribution in [2.24, 2.45) is 0 Å². The van der Waals surface area contributed by atoms with Gasteiger partial charge < -0.3 is 39.5 Å². The Bertz CT molecular complexity index is 706. The number of rotatable bonds is 7. The second-order valence-corrected chi connectivity index (χ2v) is 6.20. The molecule has 5 atom stereocenters. The minimum Gasteiger partial charge on any atom is -0.493 e. The molecule has 10 nitrogen and oxygen atoms in total. The Hall–Kier alpha value is -2.40. The van der Waals surface area contributed by atoms with Crippen LogP contribution < -0.4 is 9.47 Å². The number of carbonyl (C=O) groups excluding carboxylic acids is 1. The summed E-state index contributed by atoms with van der Waals surface area (Å²) in [6, 6.07) is 4.36. The SMILES string of the molecule is CCN(CC)C(=O)c1ccc(OC2OC(C(=O)O)C(O)C(O)C2O)c(OC)c1. The van der Waals surface area contributed by atoms with Crippen molar-refractivity contribution in [1.82, 2.24) is 4.90 Å². The fourth-order valence-corrected chi connectivity index (χ4v) is 2.87. The summed E-state index contributed by atoms with van der Waals surface area (Å²) < 4.78 is 15.8. The smallest absolute Gasteiger partial charge is 0.335 e. The van der Waals surface area contributed by atoms with Gasteiger partial charge in [0.15, 0.2) is 17.6 Å². The molecule has 1 aliphatic heterocycles. The van der Waals surface area contributed by atoms with Gasteiger partial charge in [0, 0.05) is 18.7 Å². The molecule has 2 rings (SSSR count). The molecule has 0 spiro atoms. The van der Waals surface area contributed by atoms with Gasteiger partial charge in [0.25, 0.3) is 5.91 Å². The molecular weight excluding hydrogens is 374 g/mol. The number of carboxylic acid groups (broad SMARTS) is 1. The molecule has 4 N–H and O–H groups in total. The van der Waals surface area contributed by atoms with Crippen molar-refractivity contribution in [3.8, 4) is 11.5 Å². The van der Waals surface area contributed by atoms with E-state index < -0.39 is 36.7 Å². The summed E-state index contributed by atoms with van der Waals surface area (Å²) in [6.45, 7) is 4.79. The van der Waals surface area contributed by atoms with Crippen molar-refractivity contribution in [2.75, 3.05) is 20.2 Å². The van der Waals surface area contributed by atoms with E-state index in [0.29, 0.717) is 18.7 Å². The molecule has 0 aliphatic carbocycles. The lowest BCUT2D eigenvalue weighted by Gasteiger charge is -2.38.